The molecule has 0 bridgehead atoms. The zero-order chi connectivity index (χ0) is 15.0. The SMILES string of the molecule is Cc1cc(OC2CN(C(=O)c3cnoc3C)C2)cc(=O)o1. The highest BCUT2D eigenvalue weighted by molar-refractivity contribution is 5.95. The van der Waals surface area contributed by atoms with Crippen LogP contribution in [-0.2, 0) is 0 Å². The molecule has 0 N–H and O–H groups in total. The van der Waals surface area contributed by atoms with Crippen molar-refractivity contribution < 1.29 is 18.5 Å². The molecule has 3 rings (SSSR count). The van der Waals surface area contributed by atoms with Crippen molar-refractivity contribution in [3.8, 4) is 5.75 Å². The molecule has 7 nitrogen and oxygen atoms in total. The summed E-state index contributed by atoms with van der Waals surface area (Å²) < 4.78 is 15.4. The lowest BCUT2D eigenvalue weighted by atomic mass is 10.1. The van der Waals surface area contributed by atoms with E-state index in [2.05, 4.69) is 5.16 Å². The maximum Gasteiger partial charge on any atom is 0.339 e. The Labute approximate surface area is 120 Å². The molecule has 1 aliphatic heterocycles. The summed E-state index contributed by atoms with van der Waals surface area (Å²) in [6, 6.07) is 2.94. The zero-order valence-electron chi connectivity index (χ0n) is 11.7. The highest BCUT2D eigenvalue weighted by Gasteiger charge is 2.34. The number of aromatic nitrogens is 1. The van der Waals surface area contributed by atoms with E-state index in [4.69, 9.17) is 13.7 Å². The van der Waals surface area contributed by atoms with E-state index in [9.17, 15) is 9.59 Å². The third-order valence-corrected chi connectivity index (χ3v) is 3.29. The molecular formula is C14H14N2O5. The Morgan fingerprint density at radius 1 is 1.38 bits per heavy atom. The standard InChI is InChI=1S/C14H14N2O5/c1-8-3-10(4-13(17)19-8)20-11-6-16(7-11)14(18)12-5-15-21-9(12)2/h3-5,11H,6-7H2,1-2H3. The van der Waals surface area contributed by atoms with Crippen molar-refractivity contribution in [1.82, 2.24) is 10.1 Å². The fourth-order valence-electron chi connectivity index (χ4n) is 2.19. The van der Waals surface area contributed by atoms with Crippen molar-refractivity contribution in [3.05, 3.63) is 45.8 Å². The first-order chi connectivity index (χ1) is 10.0. The molecule has 2 aromatic rings. The number of nitrogens with zero attached hydrogens (tertiary/aromatic N) is 2. The van der Waals surface area contributed by atoms with Crippen LogP contribution in [0.25, 0.3) is 0 Å². The summed E-state index contributed by atoms with van der Waals surface area (Å²) in [4.78, 5) is 25.0. The zero-order valence-corrected chi connectivity index (χ0v) is 11.7. The average molecular weight is 290 g/mol. The van der Waals surface area contributed by atoms with Crippen LogP contribution in [0.4, 0.5) is 0 Å². The maximum atomic E-state index is 12.1. The summed E-state index contributed by atoms with van der Waals surface area (Å²) >= 11 is 0. The number of ether oxygens (including phenoxy) is 1. The molecule has 3 heterocycles. The second-order valence-electron chi connectivity index (χ2n) is 4.97. The molecule has 0 aliphatic carbocycles. The molecule has 0 unspecified atom stereocenters. The van der Waals surface area contributed by atoms with E-state index in [1.54, 1.807) is 24.8 Å². The minimum atomic E-state index is -0.447. The van der Waals surface area contributed by atoms with Gasteiger partial charge in [-0.3, -0.25) is 4.79 Å². The highest BCUT2D eigenvalue weighted by Crippen LogP contribution is 2.20. The van der Waals surface area contributed by atoms with E-state index in [0.29, 0.717) is 35.9 Å². The first-order valence-corrected chi connectivity index (χ1v) is 6.52. The largest absolute Gasteiger partial charge is 0.486 e. The van der Waals surface area contributed by atoms with Gasteiger partial charge in [0.1, 0.15) is 28.9 Å². The number of likely N-dealkylation sites (tertiary alicyclic amines) is 1. The Morgan fingerprint density at radius 3 is 2.76 bits per heavy atom. The fourth-order valence-corrected chi connectivity index (χ4v) is 2.19. The van der Waals surface area contributed by atoms with Gasteiger partial charge in [0, 0.05) is 6.07 Å². The molecule has 0 aromatic carbocycles. The molecule has 0 atom stereocenters. The monoisotopic (exact) mass is 290 g/mol. The van der Waals surface area contributed by atoms with Gasteiger partial charge >= 0.3 is 5.63 Å². The summed E-state index contributed by atoms with van der Waals surface area (Å²) in [7, 11) is 0. The number of hydrogen-bond donors (Lipinski definition) is 0. The van der Waals surface area contributed by atoms with Gasteiger partial charge in [-0.15, -0.1) is 0 Å². The van der Waals surface area contributed by atoms with Gasteiger partial charge in [0.15, 0.2) is 0 Å². The first-order valence-electron chi connectivity index (χ1n) is 6.52. The van der Waals surface area contributed by atoms with Crippen molar-refractivity contribution in [2.45, 2.75) is 20.0 Å². The molecule has 1 saturated heterocycles. The number of amides is 1. The molecule has 1 fully saturated rings. The summed E-state index contributed by atoms with van der Waals surface area (Å²) in [5.74, 6) is 1.32. The molecule has 0 spiro atoms. The minimum absolute atomic E-state index is 0.127. The summed E-state index contributed by atoms with van der Waals surface area (Å²) in [6.45, 7) is 4.30. The van der Waals surface area contributed by atoms with Gasteiger partial charge in [-0.25, -0.2) is 4.79 Å². The van der Waals surface area contributed by atoms with Crippen LogP contribution in [0.1, 0.15) is 21.9 Å². The quantitative estimate of drug-likeness (QED) is 0.842. The molecule has 0 radical (unpaired) electrons. The van der Waals surface area contributed by atoms with E-state index >= 15 is 0 Å². The van der Waals surface area contributed by atoms with E-state index < -0.39 is 5.63 Å². The third kappa shape index (κ3) is 2.67. The van der Waals surface area contributed by atoms with Gasteiger partial charge in [-0.05, 0) is 13.8 Å². The number of hydrogen-bond acceptors (Lipinski definition) is 6. The smallest absolute Gasteiger partial charge is 0.339 e. The lowest BCUT2D eigenvalue weighted by Crippen LogP contribution is -2.56. The van der Waals surface area contributed by atoms with Crippen molar-refractivity contribution in [3.63, 3.8) is 0 Å². The molecule has 1 aliphatic rings. The van der Waals surface area contributed by atoms with E-state index in [-0.39, 0.29) is 12.0 Å². The van der Waals surface area contributed by atoms with Crippen LogP contribution >= 0.6 is 0 Å². The van der Waals surface area contributed by atoms with Gasteiger partial charge in [0.2, 0.25) is 0 Å². The van der Waals surface area contributed by atoms with E-state index in [1.165, 1.54) is 12.3 Å². The summed E-state index contributed by atoms with van der Waals surface area (Å²) in [5, 5.41) is 3.59. The molecule has 110 valence electrons. The number of carbonyl (C=O) groups is 1. The van der Waals surface area contributed by atoms with Crippen LogP contribution in [0.3, 0.4) is 0 Å². The van der Waals surface area contributed by atoms with Crippen LogP contribution in [0.15, 0.2) is 32.1 Å². The van der Waals surface area contributed by atoms with Crippen LogP contribution in [0.5, 0.6) is 5.75 Å². The third-order valence-electron chi connectivity index (χ3n) is 3.29. The van der Waals surface area contributed by atoms with Gasteiger partial charge in [0.25, 0.3) is 5.91 Å². The number of aryl methyl sites for hydroxylation is 2. The normalized spacial score (nSPS) is 14.9. The topological polar surface area (TPSA) is 85.8 Å². The Hall–Kier alpha value is -2.57. The van der Waals surface area contributed by atoms with Crippen LogP contribution in [-0.4, -0.2) is 35.2 Å². The van der Waals surface area contributed by atoms with Gasteiger partial charge in [0.05, 0.1) is 25.4 Å². The number of carbonyl (C=O) groups excluding carboxylic acids is 1. The number of rotatable bonds is 3. The fraction of sp³-hybridized carbons (Fsp3) is 0.357. The maximum absolute atomic E-state index is 12.1. The molecule has 0 saturated carbocycles. The van der Waals surface area contributed by atoms with Crippen LogP contribution in [0.2, 0.25) is 0 Å². The molecule has 1 amide bonds. The second-order valence-corrected chi connectivity index (χ2v) is 4.97. The summed E-state index contributed by atoms with van der Waals surface area (Å²) in [6.07, 6.45) is 1.28. The van der Waals surface area contributed by atoms with Crippen LogP contribution in [0, 0.1) is 13.8 Å². The Balaban J connectivity index is 1.60. The predicted molar refractivity (Wildman–Crippen MR) is 71.3 cm³/mol. The van der Waals surface area contributed by atoms with Gasteiger partial charge < -0.3 is 18.6 Å². The molecule has 7 heteroatoms. The van der Waals surface area contributed by atoms with E-state index in [0.717, 1.165) is 0 Å². The van der Waals surface area contributed by atoms with Crippen molar-refractivity contribution in [1.29, 1.82) is 0 Å². The lowest BCUT2D eigenvalue weighted by molar-refractivity contribution is 0.0173. The molecule has 21 heavy (non-hydrogen) atoms. The summed E-state index contributed by atoms with van der Waals surface area (Å²) in [5.41, 5.74) is 0.0157. The second kappa shape index (κ2) is 5.08. The predicted octanol–water partition coefficient (Wildman–Crippen LogP) is 1.15. The molecule has 2 aromatic heterocycles. The Kier molecular flexibility index (Phi) is 3.25. The van der Waals surface area contributed by atoms with Gasteiger partial charge in [-0.2, -0.15) is 0 Å². The van der Waals surface area contributed by atoms with Crippen molar-refractivity contribution in [2.24, 2.45) is 0 Å². The van der Waals surface area contributed by atoms with Gasteiger partial charge in [-0.1, -0.05) is 5.16 Å². The highest BCUT2D eigenvalue weighted by atomic mass is 16.5. The molecular weight excluding hydrogens is 276 g/mol. The Bertz CT molecular complexity index is 727. The van der Waals surface area contributed by atoms with E-state index in [1.807, 2.05) is 0 Å². The minimum Gasteiger partial charge on any atom is -0.486 e. The van der Waals surface area contributed by atoms with Crippen molar-refractivity contribution >= 4 is 5.91 Å². The van der Waals surface area contributed by atoms with Crippen molar-refractivity contribution in [2.75, 3.05) is 13.1 Å². The lowest BCUT2D eigenvalue weighted by Gasteiger charge is -2.38. The van der Waals surface area contributed by atoms with Crippen LogP contribution < -0.4 is 10.4 Å². The first kappa shape index (κ1) is 13.4. The Morgan fingerprint density at radius 2 is 2.14 bits per heavy atom. The average Bonchev–Trinajstić information content (AvgIpc) is 2.77.